The predicted molar refractivity (Wildman–Crippen MR) is 76.7 cm³/mol. The van der Waals surface area contributed by atoms with Crippen molar-refractivity contribution >= 4 is 5.97 Å². The summed E-state index contributed by atoms with van der Waals surface area (Å²) in [5.74, 6) is -0.890. The van der Waals surface area contributed by atoms with Crippen LogP contribution in [0.3, 0.4) is 0 Å². The average Bonchev–Trinajstić information content (AvgIpc) is 2.31. The summed E-state index contributed by atoms with van der Waals surface area (Å²) in [6.07, 6.45) is 13.2. The molecular formula is C15H31NO2. The first-order valence-electron chi connectivity index (χ1n) is 7.53. The molecule has 0 aliphatic rings. The van der Waals surface area contributed by atoms with Crippen LogP contribution in [0.25, 0.3) is 0 Å². The van der Waals surface area contributed by atoms with Gasteiger partial charge < -0.3 is 10.8 Å². The summed E-state index contributed by atoms with van der Waals surface area (Å²) in [7, 11) is 0. The third-order valence-corrected chi connectivity index (χ3v) is 3.54. The van der Waals surface area contributed by atoms with E-state index in [2.05, 4.69) is 6.92 Å². The lowest BCUT2D eigenvalue weighted by Gasteiger charge is -2.18. The van der Waals surface area contributed by atoms with Crippen LogP contribution in [0.15, 0.2) is 0 Å². The molecule has 0 radical (unpaired) electrons. The van der Waals surface area contributed by atoms with Gasteiger partial charge in [-0.15, -0.1) is 0 Å². The third-order valence-electron chi connectivity index (χ3n) is 3.54. The van der Waals surface area contributed by atoms with Crippen molar-refractivity contribution in [2.75, 3.05) is 0 Å². The van der Waals surface area contributed by atoms with Gasteiger partial charge in [0, 0.05) is 0 Å². The second kappa shape index (κ2) is 10.4. The highest BCUT2D eigenvalue weighted by atomic mass is 16.4. The van der Waals surface area contributed by atoms with Crippen LogP contribution >= 0.6 is 0 Å². The van der Waals surface area contributed by atoms with Crippen molar-refractivity contribution in [3.8, 4) is 0 Å². The largest absolute Gasteiger partial charge is 0.480 e. The van der Waals surface area contributed by atoms with Crippen LogP contribution in [0, 0.1) is 0 Å². The molecule has 0 amide bonds. The van der Waals surface area contributed by atoms with Gasteiger partial charge in [-0.25, -0.2) is 0 Å². The van der Waals surface area contributed by atoms with Gasteiger partial charge in [0.25, 0.3) is 0 Å². The maximum atomic E-state index is 10.8. The summed E-state index contributed by atoms with van der Waals surface area (Å²) >= 11 is 0. The molecule has 0 rings (SSSR count). The summed E-state index contributed by atoms with van der Waals surface area (Å²) < 4.78 is 0. The van der Waals surface area contributed by atoms with Gasteiger partial charge in [-0.05, 0) is 13.3 Å². The summed E-state index contributed by atoms with van der Waals surface area (Å²) in [6.45, 7) is 3.84. The first-order chi connectivity index (χ1) is 8.50. The number of carboxylic acid groups (broad SMARTS) is 1. The van der Waals surface area contributed by atoms with E-state index >= 15 is 0 Å². The Balaban J connectivity index is 3.24. The molecule has 0 aromatic rings. The second-order valence-electron chi connectivity index (χ2n) is 5.65. The Morgan fingerprint density at radius 1 is 0.944 bits per heavy atom. The highest BCUT2D eigenvalue weighted by molar-refractivity contribution is 5.77. The van der Waals surface area contributed by atoms with Gasteiger partial charge in [-0.2, -0.15) is 0 Å². The van der Waals surface area contributed by atoms with E-state index in [1.807, 2.05) is 0 Å². The average molecular weight is 257 g/mol. The van der Waals surface area contributed by atoms with E-state index in [1.54, 1.807) is 6.92 Å². The number of nitrogens with two attached hydrogens (primary N) is 1. The summed E-state index contributed by atoms with van der Waals surface area (Å²) in [5, 5.41) is 8.86. The van der Waals surface area contributed by atoms with E-state index in [0.717, 1.165) is 12.8 Å². The third kappa shape index (κ3) is 9.46. The first kappa shape index (κ1) is 17.4. The maximum Gasteiger partial charge on any atom is 0.323 e. The van der Waals surface area contributed by atoms with Crippen LogP contribution in [0.4, 0.5) is 0 Å². The fourth-order valence-electron chi connectivity index (χ4n) is 2.09. The number of hydrogen-bond donors (Lipinski definition) is 2. The quantitative estimate of drug-likeness (QED) is 0.517. The van der Waals surface area contributed by atoms with Crippen molar-refractivity contribution < 1.29 is 9.90 Å². The molecule has 3 heteroatoms. The van der Waals surface area contributed by atoms with Gasteiger partial charge in [0.05, 0.1) is 0 Å². The van der Waals surface area contributed by atoms with Crippen molar-refractivity contribution in [3.05, 3.63) is 0 Å². The number of unbranched alkanes of at least 4 members (excludes halogenated alkanes) is 9. The number of aliphatic carboxylic acids is 1. The van der Waals surface area contributed by atoms with Crippen LogP contribution in [0.5, 0.6) is 0 Å². The highest BCUT2D eigenvalue weighted by Crippen LogP contribution is 2.15. The first-order valence-corrected chi connectivity index (χ1v) is 7.53. The van der Waals surface area contributed by atoms with Gasteiger partial charge in [0.1, 0.15) is 5.54 Å². The molecule has 0 aromatic heterocycles. The predicted octanol–water partition coefficient (Wildman–Crippen LogP) is 4.10. The zero-order valence-electron chi connectivity index (χ0n) is 12.2. The molecule has 3 nitrogen and oxygen atoms in total. The van der Waals surface area contributed by atoms with Crippen LogP contribution in [0.1, 0.15) is 84.5 Å². The molecule has 0 saturated carbocycles. The molecule has 0 aliphatic heterocycles. The molecule has 0 fully saturated rings. The van der Waals surface area contributed by atoms with E-state index < -0.39 is 11.5 Å². The van der Waals surface area contributed by atoms with Gasteiger partial charge >= 0.3 is 5.97 Å². The lowest BCUT2D eigenvalue weighted by Crippen LogP contribution is -2.44. The lowest BCUT2D eigenvalue weighted by molar-refractivity contribution is -0.142. The molecule has 0 bridgehead atoms. The molecule has 1 atom stereocenters. The standard InChI is InChI=1S/C15H31NO2/c1-3-4-5-6-7-8-9-10-11-12-13-15(2,16)14(17)18/h3-13,16H2,1-2H3,(H,17,18)/t15-/m1/s1. The molecule has 18 heavy (non-hydrogen) atoms. The Bertz CT molecular complexity index is 215. The second-order valence-corrected chi connectivity index (χ2v) is 5.65. The van der Waals surface area contributed by atoms with E-state index in [-0.39, 0.29) is 0 Å². The Hall–Kier alpha value is -0.570. The zero-order chi connectivity index (χ0) is 13.9. The van der Waals surface area contributed by atoms with E-state index in [4.69, 9.17) is 10.8 Å². The van der Waals surface area contributed by atoms with Crippen LogP contribution in [-0.2, 0) is 4.79 Å². The van der Waals surface area contributed by atoms with E-state index in [0.29, 0.717) is 6.42 Å². The highest BCUT2D eigenvalue weighted by Gasteiger charge is 2.26. The molecule has 0 unspecified atom stereocenters. The van der Waals surface area contributed by atoms with Gasteiger partial charge in [0.2, 0.25) is 0 Å². The normalized spacial score (nSPS) is 14.4. The summed E-state index contributed by atoms with van der Waals surface area (Å²) in [4.78, 5) is 10.8. The molecule has 108 valence electrons. The summed E-state index contributed by atoms with van der Waals surface area (Å²) in [5.41, 5.74) is 4.63. The molecule has 3 N–H and O–H groups in total. The van der Waals surface area contributed by atoms with Gasteiger partial charge in [-0.1, -0.05) is 71.1 Å². The minimum atomic E-state index is -1.04. The van der Waals surface area contributed by atoms with Crippen molar-refractivity contribution in [3.63, 3.8) is 0 Å². The smallest absolute Gasteiger partial charge is 0.323 e. The van der Waals surface area contributed by atoms with E-state index in [1.165, 1.54) is 51.4 Å². The maximum absolute atomic E-state index is 10.8. The molecule has 0 saturated heterocycles. The van der Waals surface area contributed by atoms with Crippen LogP contribution in [0.2, 0.25) is 0 Å². The van der Waals surface area contributed by atoms with Crippen molar-refractivity contribution in [2.24, 2.45) is 5.73 Å². The SMILES string of the molecule is CCCCCCCCCCCC[C@@](C)(N)C(=O)O. The number of carboxylic acids is 1. The zero-order valence-corrected chi connectivity index (χ0v) is 12.2. The number of carbonyl (C=O) groups is 1. The Morgan fingerprint density at radius 2 is 1.33 bits per heavy atom. The fraction of sp³-hybridized carbons (Fsp3) is 0.933. The number of rotatable bonds is 12. The van der Waals surface area contributed by atoms with Crippen LogP contribution in [-0.4, -0.2) is 16.6 Å². The Kier molecular flexibility index (Phi) is 10.0. The topological polar surface area (TPSA) is 63.3 Å². The van der Waals surface area contributed by atoms with Crippen molar-refractivity contribution in [1.82, 2.24) is 0 Å². The fourth-order valence-corrected chi connectivity index (χ4v) is 2.09. The minimum Gasteiger partial charge on any atom is -0.480 e. The van der Waals surface area contributed by atoms with E-state index in [9.17, 15) is 4.79 Å². The molecule has 0 heterocycles. The van der Waals surface area contributed by atoms with Gasteiger partial charge in [-0.3, -0.25) is 4.79 Å². The lowest BCUT2D eigenvalue weighted by atomic mass is 9.95. The minimum absolute atomic E-state index is 0.582. The van der Waals surface area contributed by atoms with Crippen molar-refractivity contribution in [2.45, 2.75) is 90.0 Å². The molecular weight excluding hydrogens is 226 g/mol. The van der Waals surface area contributed by atoms with Gasteiger partial charge in [0.15, 0.2) is 0 Å². The van der Waals surface area contributed by atoms with Crippen LogP contribution < -0.4 is 5.73 Å². The molecule has 0 spiro atoms. The number of hydrogen-bond acceptors (Lipinski definition) is 2. The summed E-state index contributed by atoms with van der Waals surface area (Å²) in [6, 6.07) is 0. The monoisotopic (exact) mass is 257 g/mol. The molecule has 0 aliphatic carbocycles. The Morgan fingerprint density at radius 3 is 1.72 bits per heavy atom. The Labute approximate surface area is 112 Å². The molecule has 0 aromatic carbocycles. The van der Waals surface area contributed by atoms with Crippen molar-refractivity contribution in [1.29, 1.82) is 0 Å².